The number of hydrogen-bond acceptors (Lipinski definition) is 5. The molecule has 1 aromatic heterocycles. The molecule has 0 aliphatic carbocycles. The lowest BCUT2D eigenvalue weighted by Gasteiger charge is -2.22. The van der Waals surface area contributed by atoms with E-state index in [1.54, 1.807) is 6.92 Å². The number of aryl methyl sites for hydroxylation is 1. The molecule has 0 bridgehead atoms. The van der Waals surface area contributed by atoms with Crippen LogP contribution in [0.5, 0.6) is 5.75 Å². The zero-order chi connectivity index (χ0) is 17.4. The molecule has 0 unspecified atom stereocenters. The predicted molar refractivity (Wildman–Crippen MR) is 94.8 cm³/mol. The normalized spacial score (nSPS) is 18.8. The summed E-state index contributed by atoms with van der Waals surface area (Å²) in [5.41, 5.74) is 3.26. The molecule has 0 saturated carbocycles. The Morgan fingerprint density at radius 2 is 2.16 bits per heavy atom. The van der Waals surface area contributed by atoms with Crippen molar-refractivity contribution in [2.45, 2.75) is 39.3 Å². The van der Waals surface area contributed by atoms with E-state index in [-0.39, 0.29) is 11.9 Å². The van der Waals surface area contributed by atoms with E-state index in [0.717, 1.165) is 60.1 Å². The fourth-order valence-corrected chi connectivity index (χ4v) is 3.68. The summed E-state index contributed by atoms with van der Waals surface area (Å²) >= 11 is 0. The number of carbonyl (C=O) groups is 1. The molecule has 1 aromatic carbocycles. The third-order valence-corrected chi connectivity index (χ3v) is 4.78. The number of benzene rings is 1. The Morgan fingerprint density at radius 3 is 3.00 bits per heavy atom. The van der Waals surface area contributed by atoms with Crippen LogP contribution < -0.4 is 15.0 Å². The fraction of sp³-hybridized carbons (Fsp3) is 0.421. The smallest absolute Gasteiger partial charge is 0.217 e. The molecule has 1 fully saturated rings. The zero-order valence-corrected chi connectivity index (χ0v) is 14.6. The highest BCUT2D eigenvalue weighted by Gasteiger charge is 2.28. The molecule has 4 rings (SSSR count). The van der Waals surface area contributed by atoms with E-state index in [1.807, 2.05) is 25.1 Å². The number of para-hydroxylation sites is 1. The highest BCUT2D eigenvalue weighted by atomic mass is 16.5. The summed E-state index contributed by atoms with van der Waals surface area (Å²) in [6.07, 6.45) is 1.70. The molecule has 1 N–H and O–H groups in total. The molecule has 1 atom stereocenters. The summed E-state index contributed by atoms with van der Waals surface area (Å²) in [4.78, 5) is 23.0. The van der Waals surface area contributed by atoms with Gasteiger partial charge in [0.2, 0.25) is 5.91 Å². The maximum absolute atomic E-state index is 11.3. The van der Waals surface area contributed by atoms with Crippen molar-refractivity contribution in [3.8, 4) is 5.75 Å². The van der Waals surface area contributed by atoms with Crippen LogP contribution in [-0.2, 0) is 17.8 Å². The fourth-order valence-electron chi connectivity index (χ4n) is 3.68. The van der Waals surface area contributed by atoms with E-state index >= 15 is 0 Å². The van der Waals surface area contributed by atoms with Crippen LogP contribution in [0.25, 0.3) is 0 Å². The summed E-state index contributed by atoms with van der Waals surface area (Å²) in [6.45, 7) is 5.62. The Hall–Kier alpha value is -2.63. The molecular formula is C19H22N4O2. The maximum Gasteiger partial charge on any atom is 0.217 e. The number of nitrogens with zero attached hydrogens (tertiary/aromatic N) is 3. The molecule has 6 nitrogen and oxygen atoms in total. The van der Waals surface area contributed by atoms with Crippen molar-refractivity contribution in [3.05, 3.63) is 46.9 Å². The van der Waals surface area contributed by atoms with Gasteiger partial charge in [-0.05, 0) is 25.0 Å². The lowest BCUT2D eigenvalue weighted by atomic mass is 10.0. The Balaban J connectivity index is 1.68. The summed E-state index contributed by atoms with van der Waals surface area (Å²) in [6, 6.07) is 8.30. The largest absolute Gasteiger partial charge is 0.487 e. The first kappa shape index (κ1) is 15.9. The average Bonchev–Trinajstić information content (AvgIpc) is 2.94. The molecule has 130 valence electrons. The lowest BCUT2D eigenvalue weighted by Crippen LogP contribution is -2.36. The van der Waals surface area contributed by atoms with Gasteiger partial charge in [-0.3, -0.25) is 4.79 Å². The van der Waals surface area contributed by atoms with Gasteiger partial charge in [0.05, 0.1) is 5.69 Å². The monoisotopic (exact) mass is 338 g/mol. The van der Waals surface area contributed by atoms with Crippen LogP contribution in [-0.4, -0.2) is 35.0 Å². The van der Waals surface area contributed by atoms with Crippen molar-refractivity contribution in [1.82, 2.24) is 15.3 Å². The molecule has 1 amide bonds. The Kier molecular flexibility index (Phi) is 4.03. The third-order valence-electron chi connectivity index (χ3n) is 4.78. The van der Waals surface area contributed by atoms with E-state index in [9.17, 15) is 4.79 Å². The van der Waals surface area contributed by atoms with Crippen molar-refractivity contribution in [3.63, 3.8) is 0 Å². The maximum atomic E-state index is 11.3. The minimum absolute atomic E-state index is 0.0203. The second-order valence-corrected chi connectivity index (χ2v) is 6.72. The van der Waals surface area contributed by atoms with Gasteiger partial charge in [-0.15, -0.1) is 0 Å². The minimum atomic E-state index is 0.0203. The Morgan fingerprint density at radius 1 is 1.32 bits per heavy atom. The highest BCUT2D eigenvalue weighted by molar-refractivity contribution is 5.73. The van der Waals surface area contributed by atoms with E-state index in [1.165, 1.54) is 0 Å². The first-order valence-corrected chi connectivity index (χ1v) is 8.69. The van der Waals surface area contributed by atoms with Gasteiger partial charge < -0.3 is 15.0 Å². The minimum Gasteiger partial charge on any atom is -0.487 e. The number of carbonyl (C=O) groups excluding carboxylic acids is 1. The first-order valence-electron chi connectivity index (χ1n) is 8.69. The molecular weight excluding hydrogens is 316 g/mol. The van der Waals surface area contributed by atoms with Gasteiger partial charge in [0, 0.05) is 38.0 Å². The number of nitrogens with one attached hydrogen (secondary N) is 1. The van der Waals surface area contributed by atoms with Crippen LogP contribution in [0.15, 0.2) is 24.3 Å². The summed E-state index contributed by atoms with van der Waals surface area (Å²) in [5, 5.41) is 3.02. The highest BCUT2D eigenvalue weighted by Crippen LogP contribution is 2.33. The van der Waals surface area contributed by atoms with Crippen LogP contribution >= 0.6 is 0 Å². The van der Waals surface area contributed by atoms with Crippen LogP contribution in [0, 0.1) is 6.92 Å². The lowest BCUT2D eigenvalue weighted by molar-refractivity contribution is -0.119. The Labute approximate surface area is 147 Å². The van der Waals surface area contributed by atoms with Crippen LogP contribution in [0.2, 0.25) is 0 Å². The Bertz CT molecular complexity index is 821. The molecule has 2 aliphatic rings. The molecule has 25 heavy (non-hydrogen) atoms. The molecule has 2 aliphatic heterocycles. The molecule has 0 spiro atoms. The topological polar surface area (TPSA) is 67.4 Å². The van der Waals surface area contributed by atoms with Crippen molar-refractivity contribution in [2.75, 3.05) is 18.0 Å². The molecule has 1 saturated heterocycles. The molecule has 6 heteroatoms. The van der Waals surface area contributed by atoms with Crippen molar-refractivity contribution < 1.29 is 9.53 Å². The second kappa shape index (κ2) is 6.35. The van der Waals surface area contributed by atoms with E-state index < -0.39 is 0 Å². The van der Waals surface area contributed by atoms with Gasteiger partial charge in [-0.2, -0.15) is 0 Å². The number of amides is 1. The van der Waals surface area contributed by atoms with Crippen LogP contribution in [0.4, 0.5) is 5.82 Å². The zero-order valence-electron chi connectivity index (χ0n) is 14.6. The van der Waals surface area contributed by atoms with E-state index in [2.05, 4.69) is 21.3 Å². The van der Waals surface area contributed by atoms with Crippen molar-refractivity contribution in [2.24, 2.45) is 0 Å². The van der Waals surface area contributed by atoms with Crippen molar-refractivity contribution in [1.29, 1.82) is 0 Å². The van der Waals surface area contributed by atoms with Gasteiger partial charge in [0.1, 0.15) is 24.0 Å². The molecule has 3 heterocycles. The summed E-state index contributed by atoms with van der Waals surface area (Å²) < 4.78 is 5.96. The number of hydrogen-bond donors (Lipinski definition) is 1. The quantitative estimate of drug-likeness (QED) is 0.907. The van der Waals surface area contributed by atoms with Gasteiger partial charge in [0.15, 0.2) is 0 Å². The van der Waals surface area contributed by atoms with E-state index in [4.69, 9.17) is 9.72 Å². The summed E-state index contributed by atoms with van der Waals surface area (Å²) in [5.74, 6) is 2.68. The molecule has 2 aromatic rings. The third kappa shape index (κ3) is 3.16. The SMILES string of the molecule is CC(=O)N[C@@H]1CCN(c2nc(C)nc3c2Cc2ccccc2OC3)C1. The van der Waals surface area contributed by atoms with Gasteiger partial charge in [-0.1, -0.05) is 18.2 Å². The van der Waals surface area contributed by atoms with Gasteiger partial charge in [0.25, 0.3) is 0 Å². The number of fused-ring (bicyclic) bond motifs is 2. The van der Waals surface area contributed by atoms with Gasteiger partial charge >= 0.3 is 0 Å². The summed E-state index contributed by atoms with van der Waals surface area (Å²) in [7, 11) is 0. The number of ether oxygens (including phenoxy) is 1. The standard InChI is InChI=1S/C19H22N4O2/c1-12-20-17-11-25-18-6-4-3-5-14(18)9-16(17)19(21-12)23-8-7-15(10-23)22-13(2)24/h3-6,15H,7-11H2,1-2H3,(H,22,24)/t15-/m1/s1. The van der Waals surface area contributed by atoms with Crippen LogP contribution in [0.1, 0.15) is 36.0 Å². The van der Waals surface area contributed by atoms with Crippen molar-refractivity contribution >= 4 is 11.7 Å². The number of rotatable bonds is 2. The van der Waals surface area contributed by atoms with Gasteiger partial charge in [-0.25, -0.2) is 9.97 Å². The number of aromatic nitrogens is 2. The second-order valence-electron chi connectivity index (χ2n) is 6.72. The van der Waals surface area contributed by atoms with Crippen LogP contribution in [0.3, 0.4) is 0 Å². The van der Waals surface area contributed by atoms with E-state index in [0.29, 0.717) is 6.61 Å². The first-order chi connectivity index (χ1) is 12.1. The average molecular weight is 338 g/mol. The predicted octanol–water partition coefficient (Wildman–Crippen LogP) is 1.98. The number of anilines is 1. The molecule has 0 radical (unpaired) electrons.